The summed E-state index contributed by atoms with van der Waals surface area (Å²) >= 11 is 5.94. The Bertz CT molecular complexity index is 700. The van der Waals surface area contributed by atoms with Crippen molar-refractivity contribution in [2.45, 2.75) is 6.61 Å². The van der Waals surface area contributed by atoms with Gasteiger partial charge in [-0.05, 0) is 35.9 Å². The van der Waals surface area contributed by atoms with Gasteiger partial charge in [0, 0.05) is 5.56 Å². The fourth-order valence-corrected chi connectivity index (χ4v) is 1.93. The minimum atomic E-state index is -1.33. The maximum atomic E-state index is 13.5. The number of halogens is 2. The van der Waals surface area contributed by atoms with E-state index in [1.165, 1.54) is 24.3 Å². The monoisotopic (exact) mass is 308 g/mol. The van der Waals surface area contributed by atoms with Gasteiger partial charge in [0.15, 0.2) is 0 Å². The van der Waals surface area contributed by atoms with E-state index in [0.29, 0.717) is 23.2 Å². The fraction of sp³-hybridized carbons (Fsp3) is 0.0667. The highest BCUT2D eigenvalue weighted by Gasteiger charge is 2.11. The third kappa shape index (κ3) is 3.58. The minimum Gasteiger partial charge on any atom is -0.487 e. The molecule has 4 nitrogen and oxygen atoms in total. The molecule has 0 fully saturated rings. The number of aromatic carboxylic acids is 1. The van der Waals surface area contributed by atoms with Crippen molar-refractivity contribution >= 4 is 23.9 Å². The van der Waals surface area contributed by atoms with Crippen LogP contribution in [-0.4, -0.2) is 17.4 Å². The number of aldehydes is 1. The number of hydrogen-bond acceptors (Lipinski definition) is 3. The summed E-state index contributed by atoms with van der Waals surface area (Å²) in [5.41, 5.74) is 0.490. The molecule has 2 rings (SSSR count). The third-order valence-corrected chi connectivity index (χ3v) is 3.05. The van der Waals surface area contributed by atoms with Gasteiger partial charge in [-0.3, -0.25) is 4.79 Å². The van der Waals surface area contributed by atoms with Crippen LogP contribution in [0, 0.1) is 5.82 Å². The average Bonchev–Trinajstić information content (AvgIpc) is 2.45. The van der Waals surface area contributed by atoms with E-state index in [1.807, 2.05) is 0 Å². The molecule has 0 aliphatic carbocycles. The van der Waals surface area contributed by atoms with E-state index in [-0.39, 0.29) is 11.6 Å². The summed E-state index contributed by atoms with van der Waals surface area (Å²) in [5.74, 6) is -1.80. The van der Waals surface area contributed by atoms with Crippen molar-refractivity contribution in [1.82, 2.24) is 0 Å². The predicted molar refractivity (Wildman–Crippen MR) is 74.5 cm³/mol. The second kappa shape index (κ2) is 6.37. The van der Waals surface area contributed by atoms with Crippen LogP contribution in [0.2, 0.25) is 5.02 Å². The smallest absolute Gasteiger partial charge is 0.338 e. The van der Waals surface area contributed by atoms with Gasteiger partial charge in [0.2, 0.25) is 0 Å². The maximum Gasteiger partial charge on any atom is 0.338 e. The van der Waals surface area contributed by atoms with E-state index in [2.05, 4.69) is 0 Å². The van der Waals surface area contributed by atoms with Gasteiger partial charge in [-0.2, -0.15) is 0 Å². The van der Waals surface area contributed by atoms with Crippen molar-refractivity contribution in [1.29, 1.82) is 0 Å². The lowest BCUT2D eigenvalue weighted by molar-refractivity contribution is 0.0691. The van der Waals surface area contributed by atoms with Crippen LogP contribution in [0.3, 0.4) is 0 Å². The largest absolute Gasteiger partial charge is 0.487 e. The van der Waals surface area contributed by atoms with Crippen molar-refractivity contribution in [2.75, 3.05) is 0 Å². The van der Waals surface area contributed by atoms with Crippen molar-refractivity contribution in [3.8, 4) is 5.75 Å². The first-order valence-electron chi connectivity index (χ1n) is 5.90. The van der Waals surface area contributed by atoms with Crippen LogP contribution in [0.1, 0.15) is 26.3 Å². The summed E-state index contributed by atoms with van der Waals surface area (Å²) < 4.78 is 18.9. The molecule has 2 aromatic carbocycles. The second-order valence-electron chi connectivity index (χ2n) is 4.22. The van der Waals surface area contributed by atoms with Gasteiger partial charge in [0.1, 0.15) is 24.5 Å². The quantitative estimate of drug-likeness (QED) is 0.858. The Kier molecular flexibility index (Phi) is 4.55. The van der Waals surface area contributed by atoms with E-state index in [1.54, 1.807) is 6.07 Å². The Morgan fingerprint density at radius 2 is 2.05 bits per heavy atom. The Morgan fingerprint density at radius 3 is 2.62 bits per heavy atom. The van der Waals surface area contributed by atoms with E-state index in [4.69, 9.17) is 21.4 Å². The molecule has 0 spiro atoms. The van der Waals surface area contributed by atoms with E-state index < -0.39 is 17.3 Å². The van der Waals surface area contributed by atoms with Gasteiger partial charge in [-0.1, -0.05) is 17.7 Å². The fourth-order valence-electron chi connectivity index (χ4n) is 1.69. The molecule has 0 atom stereocenters. The second-order valence-corrected chi connectivity index (χ2v) is 4.62. The Balaban J connectivity index is 2.11. The van der Waals surface area contributed by atoms with E-state index in [9.17, 15) is 14.0 Å². The van der Waals surface area contributed by atoms with E-state index >= 15 is 0 Å². The molecule has 0 saturated carbocycles. The van der Waals surface area contributed by atoms with Gasteiger partial charge in [-0.25, -0.2) is 9.18 Å². The average molecular weight is 309 g/mol. The van der Waals surface area contributed by atoms with Gasteiger partial charge >= 0.3 is 5.97 Å². The number of carboxylic acids is 1. The van der Waals surface area contributed by atoms with Crippen molar-refractivity contribution < 1.29 is 23.8 Å². The summed E-state index contributed by atoms with van der Waals surface area (Å²) in [6.45, 7) is 0.0248. The number of carboxylic acid groups (broad SMARTS) is 1. The first-order valence-corrected chi connectivity index (χ1v) is 6.28. The van der Waals surface area contributed by atoms with Crippen LogP contribution in [-0.2, 0) is 6.61 Å². The minimum absolute atomic E-state index is 0.0248. The Hall–Kier alpha value is -2.40. The first-order chi connectivity index (χ1) is 10.0. The van der Waals surface area contributed by atoms with E-state index in [0.717, 1.165) is 6.07 Å². The standard InChI is InChI=1S/C15H10ClFO4/c16-12-5-9(7-18)2-4-14(12)21-8-10-1-3-11(15(19)20)13(17)6-10/h1-7H,8H2,(H,19,20). The molecule has 0 unspecified atom stereocenters. The van der Waals surface area contributed by atoms with Crippen LogP contribution in [0.15, 0.2) is 36.4 Å². The molecule has 21 heavy (non-hydrogen) atoms. The van der Waals surface area contributed by atoms with Gasteiger partial charge in [0.25, 0.3) is 0 Å². The Labute approximate surface area is 124 Å². The molecule has 6 heteroatoms. The van der Waals surface area contributed by atoms with Crippen LogP contribution < -0.4 is 4.74 Å². The number of carbonyl (C=O) groups is 2. The van der Waals surface area contributed by atoms with Crippen LogP contribution >= 0.6 is 11.6 Å². The zero-order valence-electron chi connectivity index (χ0n) is 10.7. The summed E-state index contributed by atoms with van der Waals surface area (Å²) in [6.07, 6.45) is 0.662. The maximum absolute atomic E-state index is 13.5. The van der Waals surface area contributed by atoms with Gasteiger partial charge < -0.3 is 9.84 Å². The lowest BCUT2D eigenvalue weighted by Gasteiger charge is -2.09. The Morgan fingerprint density at radius 1 is 1.29 bits per heavy atom. The summed E-state index contributed by atoms with van der Waals surface area (Å²) in [4.78, 5) is 21.3. The highest BCUT2D eigenvalue weighted by Crippen LogP contribution is 2.26. The molecule has 0 aliphatic rings. The van der Waals surface area contributed by atoms with Crippen LogP contribution in [0.5, 0.6) is 5.75 Å². The predicted octanol–water partition coefficient (Wildman–Crippen LogP) is 3.57. The normalized spacial score (nSPS) is 10.2. The third-order valence-electron chi connectivity index (χ3n) is 2.75. The highest BCUT2D eigenvalue weighted by atomic mass is 35.5. The summed E-state index contributed by atoms with van der Waals surface area (Å²) in [7, 11) is 0. The molecule has 0 aromatic heterocycles. The molecule has 0 saturated heterocycles. The summed E-state index contributed by atoms with van der Waals surface area (Å²) in [5, 5.41) is 9.00. The lowest BCUT2D eigenvalue weighted by atomic mass is 10.1. The molecule has 0 radical (unpaired) electrons. The molecule has 0 bridgehead atoms. The summed E-state index contributed by atoms with van der Waals surface area (Å²) in [6, 6.07) is 8.26. The molecule has 108 valence electrons. The number of carbonyl (C=O) groups excluding carboxylic acids is 1. The topological polar surface area (TPSA) is 63.6 Å². The SMILES string of the molecule is O=Cc1ccc(OCc2ccc(C(=O)O)c(F)c2)c(Cl)c1. The van der Waals surface area contributed by atoms with Gasteiger partial charge in [0.05, 0.1) is 10.6 Å². The van der Waals surface area contributed by atoms with Crippen molar-refractivity contribution in [3.63, 3.8) is 0 Å². The number of ether oxygens (including phenoxy) is 1. The molecule has 0 heterocycles. The number of hydrogen-bond donors (Lipinski definition) is 1. The van der Waals surface area contributed by atoms with Crippen molar-refractivity contribution in [3.05, 3.63) is 63.9 Å². The highest BCUT2D eigenvalue weighted by molar-refractivity contribution is 6.32. The van der Waals surface area contributed by atoms with Crippen molar-refractivity contribution in [2.24, 2.45) is 0 Å². The molecule has 0 amide bonds. The zero-order valence-corrected chi connectivity index (χ0v) is 11.4. The molecular formula is C15H10ClFO4. The van der Waals surface area contributed by atoms with Gasteiger partial charge in [-0.15, -0.1) is 0 Å². The van der Waals surface area contributed by atoms with Crippen LogP contribution in [0.4, 0.5) is 4.39 Å². The lowest BCUT2D eigenvalue weighted by Crippen LogP contribution is -2.03. The number of rotatable bonds is 5. The molecule has 0 aliphatic heterocycles. The van der Waals surface area contributed by atoms with Crippen LogP contribution in [0.25, 0.3) is 0 Å². The molecular weight excluding hydrogens is 299 g/mol. The molecule has 1 N–H and O–H groups in total. The zero-order chi connectivity index (χ0) is 15.4. The molecule has 2 aromatic rings. The first kappa shape index (κ1) is 15.0. The number of benzene rings is 2.